The van der Waals surface area contributed by atoms with Crippen molar-refractivity contribution < 1.29 is 23.9 Å². The number of ether oxygens (including phenoxy) is 1. The Balaban J connectivity index is 1.08. The van der Waals surface area contributed by atoms with Gasteiger partial charge in [-0.05, 0) is 80.1 Å². The van der Waals surface area contributed by atoms with Crippen molar-refractivity contribution in [1.29, 1.82) is 0 Å². The van der Waals surface area contributed by atoms with Crippen LogP contribution in [0.2, 0.25) is 0 Å². The number of carbonyl (C=O) groups is 4. The molecule has 3 amide bonds. The normalized spacial score (nSPS) is 14.3. The van der Waals surface area contributed by atoms with Gasteiger partial charge in [0.1, 0.15) is 5.75 Å². The largest absolute Gasteiger partial charge is 0.497 e. The molecule has 1 saturated heterocycles. The molecule has 2 aromatic rings. The van der Waals surface area contributed by atoms with Crippen LogP contribution in [0.25, 0.3) is 0 Å². The third-order valence-corrected chi connectivity index (χ3v) is 7.24. The van der Waals surface area contributed by atoms with Crippen LogP contribution in [0.3, 0.4) is 0 Å². The molecular weight excluding hydrogens is 518 g/mol. The van der Waals surface area contributed by atoms with E-state index in [9.17, 15) is 19.2 Å². The number of rotatable bonds is 10. The molecule has 0 atom stereocenters. The van der Waals surface area contributed by atoms with Gasteiger partial charge in [0.2, 0.25) is 11.8 Å². The first-order valence-electron chi connectivity index (χ1n) is 14.3. The van der Waals surface area contributed by atoms with E-state index in [2.05, 4.69) is 22.5 Å². The molecule has 4 rings (SSSR count). The molecule has 41 heavy (non-hydrogen) atoms. The van der Waals surface area contributed by atoms with Gasteiger partial charge >= 0.3 is 0 Å². The van der Waals surface area contributed by atoms with E-state index < -0.39 is 0 Å². The van der Waals surface area contributed by atoms with E-state index in [1.165, 1.54) is 0 Å². The summed E-state index contributed by atoms with van der Waals surface area (Å²) in [4.78, 5) is 51.2. The SMILES string of the molecule is COc1ccc2c(c1)C(=O)C=C(CCCC(=O)NC(=O)CCCCC#Cc1ccc(C(=O)N3CCNCC3)cc1)C2. The fourth-order valence-corrected chi connectivity index (χ4v) is 4.95. The summed E-state index contributed by atoms with van der Waals surface area (Å²) in [6.07, 6.45) is 6.08. The number of ketones is 1. The molecule has 0 spiro atoms. The van der Waals surface area contributed by atoms with Gasteiger partial charge in [0.25, 0.3) is 5.91 Å². The van der Waals surface area contributed by atoms with Gasteiger partial charge in [0, 0.05) is 62.1 Å². The number of unbranched alkanes of at least 4 members (excludes halogenated alkanes) is 2. The Morgan fingerprint density at radius 3 is 2.44 bits per heavy atom. The standard InChI is InChI=1S/C33H37N3O5/c1-41-28-16-15-27-21-25(22-30(37)29(27)23-28)8-6-10-32(39)35-31(38)9-5-3-2-4-7-24-11-13-26(14-12-24)33(40)36-19-17-34-18-20-36/h11-16,22-23,34H,2-3,5-6,8-10,17-21H2,1H3,(H,35,38,39). The van der Waals surface area contributed by atoms with E-state index in [0.717, 1.165) is 49.3 Å². The molecule has 1 aliphatic heterocycles. The number of carbonyl (C=O) groups excluding carboxylic acids is 4. The van der Waals surface area contributed by atoms with E-state index in [1.807, 2.05) is 41.3 Å². The van der Waals surface area contributed by atoms with Crippen LogP contribution in [0.4, 0.5) is 0 Å². The minimum atomic E-state index is -0.290. The molecule has 0 bridgehead atoms. The molecule has 0 radical (unpaired) electrons. The van der Waals surface area contributed by atoms with Crippen molar-refractivity contribution in [3.8, 4) is 17.6 Å². The lowest BCUT2D eigenvalue weighted by Crippen LogP contribution is -2.46. The molecule has 0 unspecified atom stereocenters. The third-order valence-electron chi connectivity index (χ3n) is 7.24. The average molecular weight is 556 g/mol. The first-order valence-corrected chi connectivity index (χ1v) is 14.3. The third kappa shape index (κ3) is 8.89. The summed E-state index contributed by atoms with van der Waals surface area (Å²) in [6.45, 7) is 3.09. The van der Waals surface area contributed by atoms with Crippen LogP contribution in [0.15, 0.2) is 54.1 Å². The van der Waals surface area contributed by atoms with Gasteiger partial charge < -0.3 is 15.0 Å². The highest BCUT2D eigenvalue weighted by Gasteiger charge is 2.19. The van der Waals surface area contributed by atoms with Crippen molar-refractivity contribution in [2.45, 2.75) is 51.4 Å². The number of imide groups is 1. The zero-order valence-electron chi connectivity index (χ0n) is 23.6. The van der Waals surface area contributed by atoms with Gasteiger partial charge in [-0.25, -0.2) is 0 Å². The van der Waals surface area contributed by atoms with Gasteiger partial charge in [0.15, 0.2) is 5.78 Å². The smallest absolute Gasteiger partial charge is 0.253 e. The number of fused-ring (bicyclic) bond motifs is 1. The number of hydrogen-bond donors (Lipinski definition) is 2. The average Bonchev–Trinajstić information content (AvgIpc) is 2.99. The number of nitrogens with one attached hydrogen (secondary N) is 2. The van der Waals surface area contributed by atoms with E-state index >= 15 is 0 Å². The second-order valence-electron chi connectivity index (χ2n) is 10.3. The summed E-state index contributed by atoms with van der Waals surface area (Å²) >= 11 is 0. The first-order chi connectivity index (χ1) is 19.9. The first kappa shape index (κ1) is 29.8. The fourth-order valence-electron chi connectivity index (χ4n) is 4.95. The highest BCUT2D eigenvalue weighted by molar-refractivity contribution is 6.07. The van der Waals surface area contributed by atoms with Crippen LogP contribution < -0.4 is 15.4 Å². The van der Waals surface area contributed by atoms with Crippen molar-refractivity contribution in [3.63, 3.8) is 0 Å². The Kier molecular flexibility index (Phi) is 10.9. The Morgan fingerprint density at radius 1 is 0.976 bits per heavy atom. The Morgan fingerprint density at radius 2 is 1.71 bits per heavy atom. The minimum Gasteiger partial charge on any atom is -0.497 e. The van der Waals surface area contributed by atoms with Crippen LogP contribution in [-0.4, -0.2) is 61.7 Å². The molecule has 0 aromatic heterocycles. The molecule has 1 fully saturated rings. The minimum absolute atomic E-state index is 0.0415. The van der Waals surface area contributed by atoms with E-state index in [1.54, 1.807) is 19.3 Å². The highest BCUT2D eigenvalue weighted by Crippen LogP contribution is 2.27. The van der Waals surface area contributed by atoms with Crippen LogP contribution in [-0.2, 0) is 16.0 Å². The number of methoxy groups -OCH3 is 1. The number of piperazine rings is 1. The van der Waals surface area contributed by atoms with E-state index in [0.29, 0.717) is 49.0 Å². The summed E-state index contributed by atoms with van der Waals surface area (Å²) in [7, 11) is 1.57. The van der Waals surface area contributed by atoms with Gasteiger partial charge in [0.05, 0.1) is 7.11 Å². The molecule has 2 N–H and O–H groups in total. The lowest BCUT2D eigenvalue weighted by molar-refractivity contribution is -0.130. The van der Waals surface area contributed by atoms with Crippen molar-refractivity contribution in [3.05, 3.63) is 76.4 Å². The Bertz CT molecular complexity index is 1360. The molecule has 2 aliphatic rings. The highest BCUT2D eigenvalue weighted by atomic mass is 16.5. The van der Waals surface area contributed by atoms with Crippen molar-refractivity contribution in [2.75, 3.05) is 33.3 Å². The second-order valence-corrected chi connectivity index (χ2v) is 10.3. The summed E-state index contributed by atoms with van der Waals surface area (Å²) < 4.78 is 5.20. The van der Waals surface area contributed by atoms with Crippen molar-refractivity contribution in [2.24, 2.45) is 0 Å². The zero-order valence-corrected chi connectivity index (χ0v) is 23.6. The predicted molar refractivity (Wildman–Crippen MR) is 157 cm³/mol. The number of nitrogens with zero attached hydrogens (tertiary/aromatic N) is 1. The van der Waals surface area contributed by atoms with Gasteiger partial charge in [-0.1, -0.05) is 23.5 Å². The number of hydrogen-bond acceptors (Lipinski definition) is 6. The van der Waals surface area contributed by atoms with E-state index in [4.69, 9.17) is 4.74 Å². The Labute approximate surface area is 241 Å². The molecule has 1 aliphatic carbocycles. The monoisotopic (exact) mass is 555 g/mol. The van der Waals surface area contributed by atoms with Gasteiger partial charge in [-0.3, -0.25) is 24.5 Å². The second kappa shape index (κ2) is 15.0. The number of amides is 3. The van der Waals surface area contributed by atoms with E-state index in [-0.39, 0.29) is 36.3 Å². The van der Waals surface area contributed by atoms with Crippen LogP contribution in [0, 0.1) is 11.8 Å². The molecule has 8 heteroatoms. The summed E-state index contributed by atoms with van der Waals surface area (Å²) in [6, 6.07) is 12.9. The van der Waals surface area contributed by atoms with Crippen molar-refractivity contribution >= 4 is 23.5 Å². The summed E-state index contributed by atoms with van der Waals surface area (Å²) in [5, 5.41) is 5.70. The molecular formula is C33H37N3O5. The van der Waals surface area contributed by atoms with Crippen LogP contribution >= 0.6 is 0 Å². The lowest BCUT2D eigenvalue weighted by Gasteiger charge is -2.27. The Hall–Kier alpha value is -4.22. The number of allylic oxidation sites excluding steroid dienone is 2. The number of benzene rings is 2. The summed E-state index contributed by atoms with van der Waals surface area (Å²) in [5.74, 6) is 6.32. The van der Waals surface area contributed by atoms with Gasteiger partial charge in [-0.2, -0.15) is 0 Å². The lowest BCUT2D eigenvalue weighted by atomic mass is 9.88. The fraction of sp³-hybridized carbons (Fsp3) is 0.394. The zero-order chi connectivity index (χ0) is 29.0. The predicted octanol–water partition coefficient (Wildman–Crippen LogP) is 3.83. The maximum absolute atomic E-state index is 12.5. The molecule has 2 aromatic carbocycles. The van der Waals surface area contributed by atoms with Crippen LogP contribution in [0.5, 0.6) is 5.75 Å². The van der Waals surface area contributed by atoms with Crippen LogP contribution in [0.1, 0.15) is 76.8 Å². The maximum Gasteiger partial charge on any atom is 0.253 e. The van der Waals surface area contributed by atoms with Gasteiger partial charge in [-0.15, -0.1) is 0 Å². The topological polar surface area (TPSA) is 105 Å². The van der Waals surface area contributed by atoms with Crippen molar-refractivity contribution in [1.82, 2.24) is 15.5 Å². The quantitative estimate of drug-likeness (QED) is 0.341. The molecule has 214 valence electrons. The molecule has 0 saturated carbocycles. The summed E-state index contributed by atoms with van der Waals surface area (Å²) in [5.41, 5.74) is 4.14. The molecule has 1 heterocycles. The molecule has 8 nitrogen and oxygen atoms in total. The maximum atomic E-state index is 12.5.